The Morgan fingerprint density at radius 1 is 1.05 bits per heavy atom. The van der Waals surface area contributed by atoms with E-state index in [1.54, 1.807) is 41.5 Å². The number of benzene rings is 2. The SMILES string of the molecule is Nc1cccc(C(=O)Nc2cccc(-n3cnnc3)c2)c1. The molecule has 6 heteroatoms. The van der Waals surface area contributed by atoms with Crippen LogP contribution in [0, 0.1) is 0 Å². The lowest BCUT2D eigenvalue weighted by Crippen LogP contribution is -2.12. The van der Waals surface area contributed by atoms with Gasteiger partial charge in [0.05, 0.1) is 5.69 Å². The number of nitrogen functional groups attached to an aromatic ring is 1. The highest BCUT2D eigenvalue weighted by Crippen LogP contribution is 2.16. The van der Waals surface area contributed by atoms with Gasteiger partial charge in [0.1, 0.15) is 12.7 Å². The van der Waals surface area contributed by atoms with Gasteiger partial charge in [-0.3, -0.25) is 9.36 Å². The van der Waals surface area contributed by atoms with Gasteiger partial charge in [-0.25, -0.2) is 0 Å². The second-order valence-corrected chi connectivity index (χ2v) is 4.50. The molecule has 3 rings (SSSR count). The van der Waals surface area contributed by atoms with E-state index >= 15 is 0 Å². The average Bonchev–Trinajstić information content (AvgIpc) is 3.02. The number of nitrogens with two attached hydrogens (primary N) is 1. The van der Waals surface area contributed by atoms with Crippen molar-refractivity contribution in [1.82, 2.24) is 14.8 Å². The second kappa shape index (κ2) is 5.46. The smallest absolute Gasteiger partial charge is 0.255 e. The van der Waals surface area contributed by atoms with E-state index in [1.165, 1.54) is 0 Å². The molecule has 1 amide bonds. The number of nitrogens with zero attached hydrogens (tertiary/aromatic N) is 3. The molecule has 0 aliphatic carbocycles. The highest BCUT2D eigenvalue weighted by atomic mass is 16.1. The number of carbonyl (C=O) groups is 1. The Morgan fingerprint density at radius 2 is 1.81 bits per heavy atom. The molecule has 3 N–H and O–H groups in total. The summed E-state index contributed by atoms with van der Waals surface area (Å²) in [7, 11) is 0. The van der Waals surface area contributed by atoms with Crippen LogP contribution in [-0.4, -0.2) is 20.7 Å². The predicted molar refractivity (Wildman–Crippen MR) is 80.2 cm³/mol. The molecular formula is C15H13N5O. The molecule has 1 heterocycles. The van der Waals surface area contributed by atoms with E-state index in [-0.39, 0.29) is 5.91 Å². The van der Waals surface area contributed by atoms with Crippen LogP contribution in [0.3, 0.4) is 0 Å². The average molecular weight is 279 g/mol. The first kappa shape index (κ1) is 12.9. The lowest BCUT2D eigenvalue weighted by atomic mass is 10.2. The number of nitrogens with one attached hydrogen (secondary N) is 1. The van der Waals surface area contributed by atoms with E-state index in [2.05, 4.69) is 15.5 Å². The second-order valence-electron chi connectivity index (χ2n) is 4.50. The van der Waals surface area contributed by atoms with Crippen molar-refractivity contribution in [3.63, 3.8) is 0 Å². The summed E-state index contributed by atoms with van der Waals surface area (Å²) in [4.78, 5) is 12.2. The molecule has 0 bridgehead atoms. The van der Waals surface area contributed by atoms with E-state index in [4.69, 9.17) is 5.73 Å². The van der Waals surface area contributed by atoms with E-state index < -0.39 is 0 Å². The van der Waals surface area contributed by atoms with Crippen LogP contribution >= 0.6 is 0 Å². The van der Waals surface area contributed by atoms with Gasteiger partial charge in [0.15, 0.2) is 0 Å². The standard InChI is InChI=1S/C15H13N5O/c16-12-4-1-3-11(7-12)15(21)19-13-5-2-6-14(8-13)20-9-17-18-10-20/h1-10H,16H2,(H,19,21). The van der Waals surface area contributed by atoms with Crippen molar-refractivity contribution < 1.29 is 4.79 Å². The van der Waals surface area contributed by atoms with E-state index in [0.717, 1.165) is 5.69 Å². The molecular weight excluding hydrogens is 266 g/mol. The maximum absolute atomic E-state index is 12.2. The van der Waals surface area contributed by atoms with Crippen molar-refractivity contribution in [3.05, 3.63) is 66.7 Å². The minimum atomic E-state index is -0.205. The zero-order chi connectivity index (χ0) is 14.7. The highest BCUT2D eigenvalue weighted by Gasteiger charge is 2.07. The summed E-state index contributed by atoms with van der Waals surface area (Å²) in [5.41, 5.74) is 8.31. The summed E-state index contributed by atoms with van der Waals surface area (Å²) in [5.74, 6) is -0.205. The number of aromatic nitrogens is 3. The van der Waals surface area contributed by atoms with Crippen LogP contribution in [0.25, 0.3) is 5.69 Å². The minimum absolute atomic E-state index is 0.205. The van der Waals surface area contributed by atoms with Crippen LogP contribution < -0.4 is 11.1 Å². The van der Waals surface area contributed by atoms with Gasteiger partial charge in [-0.1, -0.05) is 12.1 Å². The number of amides is 1. The quantitative estimate of drug-likeness (QED) is 0.719. The fraction of sp³-hybridized carbons (Fsp3) is 0. The third kappa shape index (κ3) is 2.89. The van der Waals surface area contributed by atoms with Gasteiger partial charge in [-0.15, -0.1) is 10.2 Å². The molecule has 0 aliphatic rings. The third-order valence-corrected chi connectivity index (χ3v) is 2.97. The first-order valence-corrected chi connectivity index (χ1v) is 6.34. The summed E-state index contributed by atoms with van der Waals surface area (Å²) in [6, 6.07) is 14.3. The molecule has 21 heavy (non-hydrogen) atoms. The van der Waals surface area contributed by atoms with Gasteiger partial charge < -0.3 is 11.1 Å². The Hall–Kier alpha value is -3.15. The molecule has 0 spiro atoms. The van der Waals surface area contributed by atoms with Crippen molar-refractivity contribution in [2.24, 2.45) is 0 Å². The molecule has 0 fully saturated rings. The van der Waals surface area contributed by atoms with Crippen molar-refractivity contribution in [1.29, 1.82) is 0 Å². The van der Waals surface area contributed by atoms with E-state index in [1.807, 2.05) is 24.3 Å². The normalized spacial score (nSPS) is 10.3. The number of rotatable bonds is 3. The molecule has 0 saturated heterocycles. The Labute approximate surface area is 121 Å². The number of anilines is 2. The van der Waals surface area contributed by atoms with Crippen LogP contribution in [0.5, 0.6) is 0 Å². The Kier molecular flexibility index (Phi) is 3.34. The first-order chi connectivity index (χ1) is 10.2. The maximum atomic E-state index is 12.2. The predicted octanol–water partition coefficient (Wildman–Crippen LogP) is 2.10. The zero-order valence-corrected chi connectivity index (χ0v) is 11.1. The number of hydrogen-bond donors (Lipinski definition) is 2. The van der Waals surface area contributed by atoms with Gasteiger partial charge in [0, 0.05) is 16.9 Å². The Bertz CT molecular complexity index is 767. The monoisotopic (exact) mass is 279 g/mol. The van der Waals surface area contributed by atoms with Crippen LogP contribution in [0.1, 0.15) is 10.4 Å². The fourth-order valence-corrected chi connectivity index (χ4v) is 1.96. The highest BCUT2D eigenvalue weighted by molar-refractivity contribution is 6.04. The van der Waals surface area contributed by atoms with Gasteiger partial charge >= 0.3 is 0 Å². The Balaban J connectivity index is 1.82. The molecule has 0 aliphatic heterocycles. The molecule has 0 atom stereocenters. The van der Waals surface area contributed by atoms with Crippen LogP contribution in [0.2, 0.25) is 0 Å². The number of hydrogen-bond acceptors (Lipinski definition) is 4. The van der Waals surface area contributed by atoms with Crippen LogP contribution in [0.4, 0.5) is 11.4 Å². The summed E-state index contributed by atoms with van der Waals surface area (Å²) >= 11 is 0. The van der Waals surface area contributed by atoms with Crippen molar-refractivity contribution >= 4 is 17.3 Å². The Morgan fingerprint density at radius 3 is 2.57 bits per heavy atom. The molecule has 0 saturated carbocycles. The lowest BCUT2D eigenvalue weighted by molar-refractivity contribution is 0.102. The topological polar surface area (TPSA) is 85.8 Å². The van der Waals surface area contributed by atoms with Gasteiger partial charge in [0.25, 0.3) is 5.91 Å². The van der Waals surface area contributed by atoms with E-state index in [0.29, 0.717) is 16.9 Å². The molecule has 6 nitrogen and oxygen atoms in total. The molecule has 1 aromatic heterocycles. The van der Waals surface area contributed by atoms with E-state index in [9.17, 15) is 4.79 Å². The summed E-state index contributed by atoms with van der Waals surface area (Å²) in [5, 5.41) is 10.4. The summed E-state index contributed by atoms with van der Waals surface area (Å²) < 4.78 is 1.76. The van der Waals surface area contributed by atoms with Gasteiger partial charge in [-0.2, -0.15) is 0 Å². The largest absolute Gasteiger partial charge is 0.399 e. The van der Waals surface area contributed by atoms with Gasteiger partial charge in [0.2, 0.25) is 0 Å². The lowest BCUT2D eigenvalue weighted by Gasteiger charge is -2.08. The fourth-order valence-electron chi connectivity index (χ4n) is 1.96. The van der Waals surface area contributed by atoms with Crippen LogP contribution in [0.15, 0.2) is 61.2 Å². The van der Waals surface area contributed by atoms with Crippen LogP contribution in [-0.2, 0) is 0 Å². The van der Waals surface area contributed by atoms with Crippen molar-refractivity contribution in [2.75, 3.05) is 11.1 Å². The molecule has 104 valence electrons. The third-order valence-electron chi connectivity index (χ3n) is 2.97. The van der Waals surface area contributed by atoms with Crippen molar-refractivity contribution in [3.8, 4) is 5.69 Å². The minimum Gasteiger partial charge on any atom is -0.399 e. The molecule has 3 aromatic rings. The van der Waals surface area contributed by atoms with Crippen molar-refractivity contribution in [2.45, 2.75) is 0 Å². The summed E-state index contributed by atoms with van der Waals surface area (Å²) in [6.45, 7) is 0. The number of carbonyl (C=O) groups excluding carboxylic acids is 1. The molecule has 0 unspecified atom stereocenters. The zero-order valence-electron chi connectivity index (χ0n) is 11.1. The summed E-state index contributed by atoms with van der Waals surface area (Å²) in [6.07, 6.45) is 3.19. The maximum Gasteiger partial charge on any atom is 0.255 e. The molecule has 2 aromatic carbocycles. The first-order valence-electron chi connectivity index (χ1n) is 6.34. The van der Waals surface area contributed by atoms with Gasteiger partial charge in [-0.05, 0) is 36.4 Å². The molecule has 0 radical (unpaired) electrons.